The lowest BCUT2D eigenvalue weighted by Crippen LogP contribution is -2.27. The van der Waals surface area contributed by atoms with E-state index in [1.165, 1.54) is 25.3 Å². The molecule has 0 amide bonds. The minimum Gasteiger partial charge on any atom is -0.455 e. The lowest BCUT2D eigenvalue weighted by Gasteiger charge is -2.11. The first-order valence-corrected chi connectivity index (χ1v) is 10.9. The van der Waals surface area contributed by atoms with Crippen LogP contribution >= 0.6 is 11.6 Å². The first-order valence-electron chi connectivity index (χ1n) is 8.99. The number of carbonyl (C=O) groups is 1. The number of sulfonamides is 1. The number of para-hydroxylation sites is 2. The number of carbonyl (C=O) groups excluding carboxylic acids is 1. The van der Waals surface area contributed by atoms with E-state index in [9.17, 15) is 13.2 Å². The molecule has 8 nitrogen and oxygen atoms in total. The minimum atomic E-state index is -3.82. The Bertz CT molecular complexity index is 1180. The second kappa shape index (κ2) is 9.48. The Morgan fingerprint density at radius 2 is 1.83 bits per heavy atom. The number of aromatic nitrogens is 2. The van der Waals surface area contributed by atoms with Crippen molar-refractivity contribution in [2.75, 3.05) is 20.3 Å². The quantitative estimate of drug-likeness (QED) is 0.416. The highest BCUT2D eigenvalue weighted by Gasteiger charge is 2.20. The van der Waals surface area contributed by atoms with Gasteiger partial charge in [0.1, 0.15) is 6.61 Å². The number of nitrogens with zero attached hydrogens (tertiary/aromatic N) is 2. The first kappa shape index (κ1) is 22.1. The second-order valence-corrected chi connectivity index (χ2v) is 8.53. The van der Waals surface area contributed by atoms with Crippen molar-refractivity contribution in [1.29, 1.82) is 0 Å². The van der Waals surface area contributed by atoms with Crippen molar-refractivity contribution < 1.29 is 22.7 Å². The molecule has 1 heterocycles. The van der Waals surface area contributed by atoms with Crippen LogP contribution in [0.3, 0.4) is 0 Å². The predicted octanol–water partition coefficient (Wildman–Crippen LogP) is 2.87. The smallest absolute Gasteiger partial charge is 0.340 e. The van der Waals surface area contributed by atoms with Crippen molar-refractivity contribution in [3.63, 3.8) is 0 Å². The van der Waals surface area contributed by atoms with Gasteiger partial charge in [0.25, 0.3) is 0 Å². The predicted molar refractivity (Wildman–Crippen MR) is 112 cm³/mol. The largest absolute Gasteiger partial charge is 0.455 e. The molecule has 0 atom stereocenters. The molecule has 0 saturated heterocycles. The molecule has 158 valence electrons. The molecule has 0 aliphatic heterocycles. The Kier molecular flexibility index (Phi) is 6.99. The standard InChI is InChI=1S/C20H20ClN3O5S/c1-13-19(24-18-6-4-3-5-17(18)23-13)12-29-20(25)15-11-14(7-8-16(15)21)30(26,27)22-9-10-28-2/h3-8,11,22H,9-10,12H2,1-2H3. The van der Waals surface area contributed by atoms with Crippen molar-refractivity contribution in [2.45, 2.75) is 18.4 Å². The third kappa shape index (κ3) is 5.11. The maximum absolute atomic E-state index is 12.6. The van der Waals surface area contributed by atoms with E-state index in [2.05, 4.69) is 14.7 Å². The van der Waals surface area contributed by atoms with Gasteiger partial charge < -0.3 is 9.47 Å². The fraction of sp³-hybridized carbons (Fsp3) is 0.250. The van der Waals surface area contributed by atoms with E-state index in [4.69, 9.17) is 21.1 Å². The molecule has 3 rings (SSSR count). The lowest BCUT2D eigenvalue weighted by atomic mass is 10.2. The van der Waals surface area contributed by atoms with Gasteiger partial charge in [-0.3, -0.25) is 0 Å². The van der Waals surface area contributed by atoms with Crippen LogP contribution in [0.4, 0.5) is 0 Å². The molecule has 10 heteroatoms. The first-order chi connectivity index (χ1) is 14.3. The average molecular weight is 450 g/mol. The van der Waals surface area contributed by atoms with Crippen molar-refractivity contribution in [2.24, 2.45) is 0 Å². The molecule has 1 N–H and O–H groups in total. The SMILES string of the molecule is COCCNS(=O)(=O)c1ccc(Cl)c(C(=O)OCc2nc3ccccc3nc2C)c1. The van der Waals surface area contributed by atoms with E-state index in [-0.39, 0.29) is 35.2 Å². The number of fused-ring (bicyclic) bond motifs is 1. The van der Waals surface area contributed by atoms with E-state index in [1.54, 1.807) is 6.92 Å². The molecule has 0 saturated carbocycles. The Morgan fingerprint density at radius 1 is 1.13 bits per heavy atom. The van der Waals surface area contributed by atoms with Gasteiger partial charge >= 0.3 is 5.97 Å². The van der Waals surface area contributed by atoms with Crippen LogP contribution < -0.4 is 4.72 Å². The maximum atomic E-state index is 12.6. The summed E-state index contributed by atoms with van der Waals surface area (Å²) in [5.41, 5.74) is 2.50. The zero-order chi connectivity index (χ0) is 21.7. The van der Waals surface area contributed by atoms with Gasteiger partial charge in [0.05, 0.1) is 44.5 Å². The highest BCUT2D eigenvalue weighted by Crippen LogP contribution is 2.22. The average Bonchev–Trinajstić information content (AvgIpc) is 2.72. The van der Waals surface area contributed by atoms with Gasteiger partial charge in [-0.25, -0.2) is 27.9 Å². The zero-order valence-corrected chi connectivity index (χ0v) is 18.0. The summed E-state index contributed by atoms with van der Waals surface area (Å²) >= 11 is 6.10. The molecule has 1 aromatic heterocycles. The van der Waals surface area contributed by atoms with E-state index in [0.29, 0.717) is 16.9 Å². The Labute approximate surface area is 179 Å². The molecule has 0 bridgehead atoms. The summed E-state index contributed by atoms with van der Waals surface area (Å²) in [4.78, 5) is 21.4. The third-order valence-corrected chi connectivity index (χ3v) is 6.04. The van der Waals surface area contributed by atoms with Crippen LogP contribution in [0.1, 0.15) is 21.7 Å². The summed E-state index contributed by atoms with van der Waals surface area (Å²) in [6.07, 6.45) is 0. The highest BCUT2D eigenvalue weighted by molar-refractivity contribution is 7.89. The van der Waals surface area contributed by atoms with E-state index in [0.717, 1.165) is 5.52 Å². The van der Waals surface area contributed by atoms with Gasteiger partial charge in [-0.1, -0.05) is 23.7 Å². The number of nitrogens with one attached hydrogen (secondary N) is 1. The van der Waals surface area contributed by atoms with Gasteiger partial charge in [-0.15, -0.1) is 0 Å². The van der Waals surface area contributed by atoms with Crippen LogP contribution in [0.25, 0.3) is 11.0 Å². The van der Waals surface area contributed by atoms with Crippen LogP contribution in [-0.4, -0.2) is 44.6 Å². The van der Waals surface area contributed by atoms with Crippen LogP contribution in [0.2, 0.25) is 5.02 Å². The Morgan fingerprint density at radius 3 is 2.53 bits per heavy atom. The Hall–Kier alpha value is -2.59. The molecular weight excluding hydrogens is 430 g/mol. The number of aryl methyl sites for hydroxylation is 1. The summed E-state index contributed by atoms with van der Waals surface area (Å²) in [5.74, 6) is -0.761. The number of ether oxygens (including phenoxy) is 2. The fourth-order valence-corrected chi connectivity index (χ4v) is 3.90. The van der Waals surface area contributed by atoms with Crippen molar-refractivity contribution >= 4 is 38.6 Å². The number of rotatable bonds is 8. The van der Waals surface area contributed by atoms with Crippen LogP contribution in [0.5, 0.6) is 0 Å². The van der Waals surface area contributed by atoms with Crippen LogP contribution in [0, 0.1) is 6.92 Å². The van der Waals surface area contributed by atoms with E-state index >= 15 is 0 Å². The summed E-state index contributed by atoms with van der Waals surface area (Å²) in [5, 5.41) is 0.0807. The molecule has 0 radical (unpaired) electrons. The lowest BCUT2D eigenvalue weighted by molar-refractivity contribution is 0.0467. The molecule has 30 heavy (non-hydrogen) atoms. The molecule has 3 aromatic rings. The molecule has 0 spiro atoms. The summed E-state index contributed by atoms with van der Waals surface area (Å²) in [6, 6.07) is 11.2. The van der Waals surface area contributed by atoms with Crippen molar-refractivity contribution in [3.05, 3.63) is 64.4 Å². The number of benzene rings is 2. The summed E-state index contributed by atoms with van der Waals surface area (Å²) in [6.45, 7) is 1.96. The van der Waals surface area contributed by atoms with Gasteiger partial charge in [0.2, 0.25) is 10.0 Å². The molecule has 0 unspecified atom stereocenters. The second-order valence-electron chi connectivity index (χ2n) is 6.35. The Balaban J connectivity index is 1.78. The number of hydrogen-bond donors (Lipinski definition) is 1. The van der Waals surface area contributed by atoms with Gasteiger partial charge in [0, 0.05) is 13.7 Å². The number of esters is 1. The maximum Gasteiger partial charge on any atom is 0.340 e. The van der Waals surface area contributed by atoms with Crippen LogP contribution in [-0.2, 0) is 26.1 Å². The number of halogens is 1. The van der Waals surface area contributed by atoms with Gasteiger partial charge in [-0.05, 0) is 37.3 Å². The van der Waals surface area contributed by atoms with Crippen LogP contribution in [0.15, 0.2) is 47.4 Å². The summed E-state index contributed by atoms with van der Waals surface area (Å²) < 4.78 is 37.3. The summed E-state index contributed by atoms with van der Waals surface area (Å²) in [7, 11) is -2.36. The van der Waals surface area contributed by atoms with E-state index in [1.807, 2.05) is 24.3 Å². The molecule has 0 aliphatic rings. The van der Waals surface area contributed by atoms with Crippen molar-refractivity contribution in [3.8, 4) is 0 Å². The molecule has 2 aromatic carbocycles. The van der Waals surface area contributed by atoms with E-state index < -0.39 is 16.0 Å². The number of hydrogen-bond acceptors (Lipinski definition) is 7. The normalized spacial score (nSPS) is 11.6. The zero-order valence-electron chi connectivity index (χ0n) is 16.4. The monoisotopic (exact) mass is 449 g/mol. The minimum absolute atomic E-state index is 0.0577. The van der Waals surface area contributed by atoms with Gasteiger partial charge in [-0.2, -0.15) is 0 Å². The third-order valence-electron chi connectivity index (χ3n) is 4.25. The molecule has 0 fully saturated rings. The van der Waals surface area contributed by atoms with Crippen molar-refractivity contribution in [1.82, 2.24) is 14.7 Å². The molecule has 0 aliphatic carbocycles. The topological polar surface area (TPSA) is 107 Å². The number of methoxy groups -OCH3 is 1. The van der Waals surface area contributed by atoms with Gasteiger partial charge in [0.15, 0.2) is 0 Å². The molecular formula is C20H20ClN3O5S. The fourth-order valence-electron chi connectivity index (χ4n) is 2.66. The highest BCUT2D eigenvalue weighted by atomic mass is 35.5.